The first kappa shape index (κ1) is 19.7. The van der Waals surface area contributed by atoms with E-state index in [-0.39, 0.29) is 16.8 Å². The number of hydrogen-bond acceptors (Lipinski definition) is 6. The van der Waals surface area contributed by atoms with Crippen molar-refractivity contribution in [1.29, 1.82) is 5.26 Å². The van der Waals surface area contributed by atoms with Crippen LogP contribution in [0.4, 0.5) is 0 Å². The number of nitrogens with zero attached hydrogens (tertiary/aromatic N) is 5. The first-order chi connectivity index (χ1) is 14.9. The second-order valence-electron chi connectivity index (χ2n) is 6.95. The van der Waals surface area contributed by atoms with Gasteiger partial charge in [-0.3, -0.25) is 9.59 Å². The van der Waals surface area contributed by atoms with Crippen LogP contribution in [0.2, 0.25) is 0 Å². The Morgan fingerprint density at radius 3 is 2.42 bits per heavy atom. The number of carbonyl (C=O) groups excluding carboxylic acids is 2. The van der Waals surface area contributed by atoms with Crippen LogP contribution in [0.3, 0.4) is 0 Å². The summed E-state index contributed by atoms with van der Waals surface area (Å²) in [5.41, 5.74) is 14.3. The Balaban J connectivity index is 1.90. The molecule has 0 atom stereocenters. The predicted octanol–water partition coefficient (Wildman–Crippen LogP) is 1.92. The summed E-state index contributed by atoms with van der Waals surface area (Å²) >= 11 is 0. The first-order valence-corrected chi connectivity index (χ1v) is 9.32. The molecule has 0 saturated heterocycles. The standard InChI is InChI=1S/C22H17N7O2/c1-12-19(27-28-29(12)11-14-8-6-13(10-23)7-9-14)18-17(21(24)30)15-4-2-3-5-16(15)26-20(18)22(25)31/h2-9H,11H2,1H3,(H2,24,30)(H2,25,31). The molecule has 0 saturated carbocycles. The third-order valence-corrected chi connectivity index (χ3v) is 5.01. The van der Waals surface area contributed by atoms with Crippen LogP contribution in [0.1, 0.15) is 37.7 Å². The van der Waals surface area contributed by atoms with Crippen LogP contribution in [-0.2, 0) is 6.54 Å². The zero-order valence-electron chi connectivity index (χ0n) is 16.5. The molecule has 0 spiro atoms. The third-order valence-electron chi connectivity index (χ3n) is 5.01. The van der Waals surface area contributed by atoms with E-state index < -0.39 is 11.8 Å². The molecule has 9 nitrogen and oxygen atoms in total. The van der Waals surface area contributed by atoms with Crippen LogP contribution < -0.4 is 11.5 Å². The molecular formula is C22H17N7O2. The topological polar surface area (TPSA) is 154 Å². The van der Waals surface area contributed by atoms with Crippen LogP contribution in [0.15, 0.2) is 48.5 Å². The number of primary amides is 2. The smallest absolute Gasteiger partial charge is 0.268 e. The van der Waals surface area contributed by atoms with Crippen LogP contribution in [0, 0.1) is 18.3 Å². The van der Waals surface area contributed by atoms with Gasteiger partial charge in [-0.05, 0) is 30.7 Å². The van der Waals surface area contributed by atoms with Crippen molar-refractivity contribution in [2.24, 2.45) is 11.5 Å². The lowest BCUT2D eigenvalue weighted by atomic mass is 9.96. The zero-order chi connectivity index (χ0) is 22.1. The molecular weight excluding hydrogens is 394 g/mol. The van der Waals surface area contributed by atoms with Crippen molar-refractivity contribution in [3.63, 3.8) is 0 Å². The average Bonchev–Trinajstić information content (AvgIpc) is 3.12. The number of hydrogen-bond donors (Lipinski definition) is 2. The van der Waals surface area contributed by atoms with E-state index in [9.17, 15) is 9.59 Å². The molecule has 4 rings (SSSR count). The molecule has 0 aliphatic heterocycles. The summed E-state index contributed by atoms with van der Waals surface area (Å²) < 4.78 is 1.63. The van der Waals surface area contributed by atoms with Crippen LogP contribution in [0.25, 0.3) is 22.2 Å². The minimum atomic E-state index is -0.802. The van der Waals surface area contributed by atoms with Crippen molar-refractivity contribution >= 4 is 22.7 Å². The lowest BCUT2D eigenvalue weighted by molar-refractivity contribution is 0.0996. The summed E-state index contributed by atoms with van der Waals surface area (Å²) in [5, 5.41) is 17.8. The maximum atomic E-state index is 12.4. The first-order valence-electron chi connectivity index (χ1n) is 9.32. The molecule has 0 aliphatic rings. The normalized spacial score (nSPS) is 10.7. The summed E-state index contributed by atoms with van der Waals surface area (Å²) in [7, 11) is 0. The number of nitrogens with two attached hydrogens (primary N) is 2. The maximum Gasteiger partial charge on any atom is 0.268 e. The van der Waals surface area contributed by atoms with Gasteiger partial charge in [-0.15, -0.1) is 5.10 Å². The van der Waals surface area contributed by atoms with E-state index in [1.165, 1.54) is 0 Å². The Kier molecular flexibility index (Phi) is 4.89. The Labute approximate surface area is 176 Å². The molecule has 31 heavy (non-hydrogen) atoms. The van der Waals surface area contributed by atoms with Gasteiger partial charge in [0, 0.05) is 10.9 Å². The SMILES string of the molecule is Cc1c(-c2c(C(N)=O)nc3ccccc3c2C(N)=O)nnn1Cc1ccc(C#N)cc1. The molecule has 0 aliphatic carbocycles. The van der Waals surface area contributed by atoms with Gasteiger partial charge in [-0.1, -0.05) is 35.5 Å². The number of fused-ring (bicyclic) bond motifs is 1. The molecule has 2 aromatic heterocycles. The Morgan fingerprint density at radius 2 is 1.77 bits per heavy atom. The van der Waals surface area contributed by atoms with Crippen LogP contribution in [-0.4, -0.2) is 31.8 Å². The zero-order valence-corrected chi connectivity index (χ0v) is 16.5. The Bertz CT molecular complexity index is 1380. The number of para-hydroxylation sites is 1. The van der Waals surface area contributed by atoms with Gasteiger partial charge in [0.1, 0.15) is 11.4 Å². The third kappa shape index (κ3) is 3.47. The number of aromatic nitrogens is 4. The molecule has 0 radical (unpaired) electrons. The van der Waals surface area contributed by atoms with E-state index in [4.69, 9.17) is 16.7 Å². The van der Waals surface area contributed by atoms with Crippen molar-refractivity contribution in [3.05, 3.63) is 76.6 Å². The van der Waals surface area contributed by atoms with Crippen LogP contribution in [0.5, 0.6) is 0 Å². The summed E-state index contributed by atoms with van der Waals surface area (Å²) in [6, 6.07) is 16.0. The number of benzene rings is 2. The summed E-state index contributed by atoms with van der Waals surface area (Å²) in [6.07, 6.45) is 0. The average molecular weight is 411 g/mol. The minimum Gasteiger partial charge on any atom is -0.366 e. The van der Waals surface area contributed by atoms with Crippen molar-refractivity contribution in [2.75, 3.05) is 0 Å². The van der Waals surface area contributed by atoms with Crippen molar-refractivity contribution in [1.82, 2.24) is 20.0 Å². The monoisotopic (exact) mass is 411 g/mol. The molecule has 2 aromatic carbocycles. The molecule has 0 bridgehead atoms. The van der Waals surface area contributed by atoms with Gasteiger partial charge in [0.2, 0.25) is 5.91 Å². The van der Waals surface area contributed by atoms with E-state index >= 15 is 0 Å². The fourth-order valence-electron chi connectivity index (χ4n) is 3.48. The van der Waals surface area contributed by atoms with E-state index in [0.717, 1.165) is 5.56 Å². The summed E-state index contributed by atoms with van der Waals surface area (Å²) in [4.78, 5) is 29.0. The van der Waals surface area contributed by atoms with Gasteiger partial charge in [-0.2, -0.15) is 5.26 Å². The number of nitriles is 1. The molecule has 0 unspecified atom stereocenters. The highest BCUT2D eigenvalue weighted by molar-refractivity contribution is 6.15. The second-order valence-corrected chi connectivity index (χ2v) is 6.95. The number of rotatable bonds is 5. The molecule has 0 fully saturated rings. The fraction of sp³-hybridized carbons (Fsp3) is 0.0909. The number of pyridine rings is 1. The van der Waals surface area contributed by atoms with E-state index in [1.807, 2.05) is 12.1 Å². The molecule has 4 aromatic rings. The summed E-state index contributed by atoms with van der Waals surface area (Å²) in [5.74, 6) is -1.53. The van der Waals surface area contributed by atoms with Crippen molar-refractivity contribution in [2.45, 2.75) is 13.5 Å². The van der Waals surface area contributed by atoms with Crippen molar-refractivity contribution in [3.8, 4) is 17.3 Å². The maximum absolute atomic E-state index is 12.4. The molecule has 4 N–H and O–H groups in total. The molecule has 2 heterocycles. The highest BCUT2D eigenvalue weighted by Crippen LogP contribution is 2.32. The quantitative estimate of drug-likeness (QED) is 0.511. The van der Waals surface area contributed by atoms with Gasteiger partial charge in [0.25, 0.3) is 5.91 Å². The van der Waals surface area contributed by atoms with E-state index in [1.54, 1.807) is 48.0 Å². The van der Waals surface area contributed by atoms with Gasteiger partial charge in [0.15, 0.2) is 0 Å². The number of amides is 2. The Morgan fingerprint density at radius 1 is 1.06 bits per heavy atom. The van der Waals surface area contributed by atoms with Crippen molar-refractivity contribution < 1.29 is 9.59 Å². The fourth-order valence-corrected chi connectivity index (χ4v) is 3.48. The number of carbonyl (C=O) groups is 2. The lowest BCUT2D eigenvalue weighted by Gasteiger charge is -2.13. The highest BCUT2D eigenvalue weighted by atomic mass is 16.1. The van der Waals surface area contributed by atoms with Gasteiger partial charge in [0.05, 0.1) is 35.0 Å². The molecule has 2 amide bonds. The highest BCUT2D eigenvalue weighted by Gasteiger charge is 2.26. The largest absolute Gasteiger partial charge is 0.366 e. The van der Waals surface area contributed by atoms with Gasteiger partial charge < -0.3 is 11.5 Å². The Hall–Kier alpha value is -4.58. The van der Waals surface area contributed by atoms with Crippen LogP contribution >= 0.6 is 0 Å². The predicted molar refractivity (Wildman–Crippen MR) is 113 cm³/mol. The summed E-state index contributed by atoms with van der Waals surface area (Å²) in [6.45, 7) is 2.15. The van der Waals surface area contributed by atoms with E-state index in [2.05, 4.69) is 21.4 Å². The molecule has 9 heteroatoms. The lowest BCUT2D eigenvalue weighted by Crippen LogP contribution is -2.21. The van der Waals surface area contributed by atoms with Gasteiger partial charge >= 0.3 is 0 Å². The van der Waals surface area contributed by atoms with Gasteiger partial charge in [-0.25, -0.2) is 9.67 Å². The molecule has 152 valence electrons. The van der Waals surface area contributed by atoms with E-state index in [0.29, 0.717) is 34.4 Å². The minimum absolute atomic E-state index is 0.0963. The second kappa shape index (κ2) is 7.68.